The van der Waals surface area contributed by atoms with E-state index >= 15 is 0 Å². The molecule has 2 aliphatic heterocycles. The van der Waals surface area contributed by atoms with Crippen LogP contribution in [0, 0.1) is 11.3 Å². The van der Waals surface area contributed by atoms with Gasteiger partial charge in [0.1, 0.15) is 5.54 Å². The maximum atomic E-state index is 13.9. The number of amides is 2. The first-order chi connectivity index (χ1) is 17.4. The van der Waals surface area contributed by atoms with Gasteiger partial charge in [-0.1, -0.05) is 80.6 Å². The third-order valence-corrected chi connectivity index (χ3v) is 7.22. The number of hydrogen-bond acceptors (Lipinski definition) is 3. The second kappa shape index (κ2) is 9.61. The number of carbonyl (C=O) groups excluding carboxylic acids is 2. The van der Waals surface area contributed by atoms with E-state index in [-0.39, 0.29) is 24.3 Å². The molecule has 5 rings (SSSR count). The molecule has 1 saturated heterocycles. The van der Waals surface area contributed by atoms with E-state index in [2.05, 4.69) is 31.3 Å². The average Bonchev–Trinajstić information content (AvgIpc) is 3.43. The van der Waals surface area contributed by atoms with E-state index in [0.29, 0.717) is 31.0 Å². The van der Waals surface area contributed by atoms with Crippen molar-refractivity contribution in [2.45, 2.75) is 51.9 Å². The standard InChI is InChI=1S/C30H32N4O2/c1-21(2)15-16-30(26-13-4-3-5-14-26)28(36)34(29(31)32-30)18-22-9-8-12-23(17-22)27(35)33-19-24-10-6-7-11-25(24)20-33/h3-14,17,21H,15-16,18-20H2,1-2H3,(H2,31,32). The molecule has 0 aromatic heterocycles. The first-order valence-corrected chi connectivity index (χ1v) is 12.6. The molecule has 0 radical (unpaired) electrons. The molecule has 2 heterocycles. The summed E-state index contributed by atoms with van der Waals surface area (Å²) in [5.74, 6) is 0.387. The summed E-state index contributed by atoms with van der Waals surface area (Å²) >= 11 is 0. The summed E-state index contributed by atoms with van der Waals surface area (Å²) in [5.41, 5.74) is 3.72. The van der Waals surface area contributed by atoms with Crippen LogP contribution in [0.4, 0.5) is 0 Å². The molecule has 2 N–H and O–H groups in total. The van der Waals surface area contributed by atoms with E-state index in [1.165, 1.54) is 16.0 Å². The molecule has 184 valence electrons. The first-order valence-electron chi connectivity index (χ1n) is 12.6. The van der Waals surface area contributed by atoms with Gasteiger partial charge in [0.2, 0.25) is 0 Å². The third-order valence-electron chi connectivity index (χ3n) is 7.22. The molecule has 6 heteroatoms. The monoisotopic (exact) mass is 480 g/mol. The van der Waals surface area contributed by atoms with Crippen LogP contribution in [0.15, 0.2) is 78.9 Å². The molecule has 36 heavy (non-hydrogen) atoms. The van der Waals surface area contributed by atoms with Crippen molar-refractivity contribution in [3.8, 4) is 0 Å². The molecule has 1 fully saturated rings. The van der Waals surface area contributed by atoms with Crippen LogP contribution in [0.1, 0.15) is 59.3 Å². The van der Waals surface area contributed by atoms with Crippen LogP contribution >= 0.6 is 0 Å². The Hall–Kier alpha value is -3.93. The summed E-state index contributed by atoms with van der Waals surface area (Å²) < 4.78 is 0. The molecule has 3 aromatic rings. The highest BCUT2D eigenvalue weighted by Gasteiger charge is 2.50. The Morgan fingerprint density at radius 2 is 1.64 bits per heavy atom. The van der Waals surface area contributed by atoms with Crippen molar-refractivity contribution < 1.29 is 9.59 Å². The van der Waals surface area contributed by atoms with Gasteiger partial charge < -0.3 is 10.2 Å². The van der Waals surface area contributed by atoms with Gasteiger partial charge in [-0.2, -0.15) is 0 Å². The Labute approximate surface area is 212 Å². The van der Waals surface area contributed by atoms with E-state index < -0.39 is 5.54 Å². The molecule has 3 aromatic carbocycles. The van der Waals surface area contributed by atoms with Crippen molar-refractivity contribution in [1.82, 2.24) is 15.1 Å². The molecule has 0 aliphatic carbocycles. The maximum absolute atomic E-state index is 13.9. The average molecular weight is 481 g/mol. The van der Waals surface area contributed by atoms with Gasteiger partial charge in [-0.3, -0.25) is 19.9 Å². The largest absolute Gasteiger partial charge is 0.338 e. The lowest BCUT2D eigenvalue weighted by atomic mass is 9.83. The lowest BCUT2D eigenvalue weighted by Gasteiger charge is -2.28. The van der Waals surface area contributed by atoms with Gasteiger partial charge in [0, 0.05) is 18.7 Å². The van der Waals surface area contributed by atoms with Gasteiger partial charge in [-0.05, 0) is 53.1 Å². The summed E-state index contributed by atoms with van der Waals surface area (Å²) in [6, 6.07) is 25.3. The van der Waals surface area contributed by atoms with Gasteiger partial charge in [0.05, 0.1) is 6.54 Å². The van der Waals surface area contributed by atoms with Gasteiger partial charge in [-0.25, -0.2) is 0 Å². The Morgan fingerprint density at radius 3 is 2.31 bits per heavy atom. The van der Waals surface area contributed by atoms with Crippen LogP contribution in [-0.4, -0.2) is 27.6 Å². The van der Waals surface area contributed by atoms with Gasteiger partial charge >= 0.3 is 0 Å². The predicted molar refractivity (Wildman–Crippen MR) is 140 cm³/mol. The Morgan fingerprint density at radius 1 is 0.972 bits per heavy atom. The quantitative estimate of drug-likeness (QED) is 0.497. The first kappa shape index (κ1) is 23.8. The summed E-state index contributed by atoms with van der Waals surface area (Å²) in [6.07, 6.45) is 1.47. The smallest absolute Gasteiger partial charge is 0.260 e. The van der Waals surface area contributed by atoms with Crippen molar-refractivity contribution in [2.24, 2.45) is 5.92 Å². The molecule has 2 amide bonds. The van der Waals surface area contributed by atoms with Gasteiger partial charge in [0.15, 0.2) is 5.96 Å². The normalized spacial score (nSPS) is 19.1. The van der Waals surface area contributed by atoms with Crippen molar-refractivity contribution in [2.75, 3.05) is 0 Å². The summed E-state index contributed by atoms with van der Waals surface area (Å²) in [4.78, 5) is 30.5. The zero-order valence-electron chi connectivity index (χ0n) is 20.8. The lowest BCUT2D eigenvalue weighted by molar-refractivity contribution is -0.132. The van der Waals surface area contributed by atoms with Crippen LogP contribution in [-0.2, 0) is 30.0 Å². The molecular formula is C30H32N4O2. The van der Waals surface area contributed by atoms with E-state index in [9.17, 15) is 9.59 Å². The number of guanidine groups is 1. The second-order valence-electron chi connectivity index (χ2n) is 10.2. The fourth-order valence-corrected chi connectivity index (χ4v) is 5.19. The van der Waals surface area contributed by atoms with Crippen molar-refractivity contribution in [1.29, 1.82) is 5.41 Å². The Balaban J connectivity index is 1.36. The molecule has 0 spiro atoms. The van der Waals surface area contributed by atoms with Crippen molar-refractivity contribution in [3.63, 3.8) is 0 Å². The van der Waals surface area contributed by atoms with E-state index in [1.54, 1.807) is 0 Å². The van der Waals surface area contributed by atoms with Crippen molar-refractivity contribution >= 4 is 17.8 Å². The van der Waals surface area contributed by atoms with Crippen LogP contribution in [0.3, 0.4) is 0 Å². The minimum absolute atomic E-state index is 0.0236. The van der Waals surface area contributed by atoms with Crippen LogP contribution < -0.4 is 5.32 Å². The second-order valence-corrected chi connectivity index (χ2v) is 10.2. The number of fused-ring (bicyclic) bond motifs is 1. The number of benzene rings is 3. The lowest BCUT2D eigenvalue weighted by Crippen LogP contribution is -2.44. The number of carbonyl (C=O) groups is 2. The molecular weight excluding hydrogens is 448 g/mol. The number of nitrogens with zero attached hydrogens (tertiary/aromatic N) is 2. The highest BCUT2D eigenvalue weighted by Crippen LogP contribution is 2.35. The van der Waals surface area contributed by atoms with E-state index in [4.69, 9.17) is 5.41 Å². The van der Waals surface area contributed by atoms with E-state index in [1.807, 2.05) is 71.6 Å². The summed E-state index contributed by atoms with van der Waals surface area (Å²) in [5, 5.41) is 11.9. The molecule has 0 saturated carbocycles. The fraction of sp³-hybridized carbons (Fsp3) is 0.300. The predicted octanol–water partition coefficient (Wildman–Crippen LogP) is 5.04. The zero-order chi connectivity index (χ0) is 25.3. The molecule has 6 nitrogen and oxygen atoms in total. The summed E-state index contributed by atoms with van der Waals surface area (Å²) in [6.45, 7) is 5.73. The summed E-state index contributed by atoms with van der Waals surface area (Å²) in [7, 11) is 0. The van der Waals surface area contributed by atoms with Crippen LogP contribution in [0.5, 0.6) is 0 Å². The highest BCUT2D eigenvalue weighted by atomic mass is 16.2. The molecule has 1 atom stereocenters. The zero-order valence-corrected chi connectivity index (χ0v) is 20.8. The minimum Gasteiger partial charge on any atom is -0.338 e. The Kier molecular flexibility index (Phi) is 6.35. The minimum atomic E-state index is -0.947. The number of hydrogen-bond donors (Lipinski definition) is 2. The maximum Gasteiger partial charge on any atom is 0.260 e. The van der Waals surface area contributed by atoms with Crippen LogP contribution in [0.25, 0.3) is 0 Å². The van der Waals surface area contributed by atoms with Crippen LogP contribution in [0.2, 0.25) is 0 Å². The Bertz CT molecular complexity index is 1280. The van der Waals surface area contributed by atoms with Gasteiger partial charge in [0.25, 0.3) is 11.8 Å². The molecule has 0 bridgehead atoms. The molecule has 2 aliphatic rings. The number of nitrogens with one attached hydrogen (secondary N) is 2. The SMILES string of the molecule is CC(C)CCC1(c2ccccc2)NC(=N)N(Cc2cccc(C(=O)N3Cc4ccccc4C3)c2)C1=O. The van der Waals surface area contributed by atoms with Crippen molar-refractivity contribution in [3.05, 3.63) is 107 Å². The van der Waals surface area contributed by atoms with Gasteiger partial charge in [-0.15, -0.1) is 0 Å². The topological polar surface area (TPSA) is 76.5 Å². The third kappa shape index (κ3) is 4.39. The highest BCUT2D eigenvalue weighted by molar-refractivity contribution is 6.08. The fourth-order valence-electron chi connectivity index (χ4n) is 5.19. The molecule has 1 unspecified atom stereocenters. The van der Waals surface area contributed by atoms with E-state index in [0.717, 1.165) is 17.5 Å². The number of rotatable bonds is 7.